The zero-order valence-corrected chi connectivity index (χ0v) is 17.2. The number of hydrogen-bond acceptors (Lipinski definition) is 5. The Kier molecular flexibility index (Phi) is 5.13. The van der Waals surface area contributed by atoms with E-state index in [0.29, 0.717) is 11.3 Å². The van der Waals surface area contributed by atoms with Crippen LogP contribution < -0.4 is 5.32 Å². The van der Waals surface area contributed by atoms with Gasteiger partial charge in [-0.2, -0.15) is 4.98 Å². The van der Waals surface area contributed by atoms with Gasteiger partial charge in [0.25, 0.3) is 0 Å². The van der Waals surface area contributed by atoms with E-state index >= 15 is 0 Å². The van der Waals surface area contributed by atoms with Crippen LogP contribution in [0.5, 0.6) is 0 Å². The molecule has 30 heavy (non-hydrogen) atoms. The summed E-state index contributed by atoms with van der Waals surface area (Å²) in [7, 11) is -4.04. The third kappa shape index (κ3) is 3.97. The number of sulfone groups is 1. The minimum atomic E-state index is -4.04. The monoisotopic (exact) mass is 422 g/mol. The minimum absolute atomic E-state index is 0.00115. The number of nitrogens with zero attached hydrogens (tertiary/aromatic N) is 1. The Balaban J connectivity index is 1.83. The molecule has 0 atom stereocenters. The second kappa shape index (κ2) is 7.76. The molecule has 7 heteroatoms. The molecule has 3 aromatic carbocycles. The van der Waals surface area contributed by atoms with Crippen molar-refractivity contribution in [2.24, 2.45) is 0 Å². The van der Waals surface area contributed by atoms with Gasteiger partial charge in [0, 0.05) is 11.3 Å². The maximum atomic E-state index is 13.3. The van der Waals surface area contributed by atoms with Crippen LogP contribution in [-0.2, 0) is 9.84 Å². The van der Waals surface area contributed by atoms with Crippen molar-refractivity contribution in [3.8, 4) is 11.5 Å². The summed E-state index contributed by atoms with van der Waals surface area (Å²) in [5.41, 5.74) is 3.43. The Morgan fingerprint density at radius 3 is 2.00 bits per heavy atom. The average Bonchev–Trinajstić information content (AvgIpc) is 3.15. The number of halogens is 1. The van der Waals surface area contributed by atoms with E-state index in [1.807, 2.05) is 62.4 Å². The molecule has 0 fully saturated rings. The third-order valence-electron chi connectivity index (χ3n) is 4.58. The van der Waals surface area contributed by atoms with Crippen LogP contribution in [0.4, 0.5) is 16.0 Å². The first kappa shape index (κ1) is 19.8. The lowest BCUT2D eigenvalue weighted by Gasteiger charge is -2.06. The molecule has 0 bridgehead atoms. The smallest absolute Gasteiger partial charge is 0.238 e. The van der Waals surface area contributed by atoms with E-state index < -0.39 is 15.7 Å². The van der Waals surface area contributed by atoms with E-state index in [-0.39, 0.29) is 21.7 Å². The Labute approximate surface area is 174 Å². The van der Waals surface area contributed by atoms with Crippen molar-refractivity contribution in [1.29, 1.82) is 0 Å². The van der Waals surface area contributed by atoms with Gasteiger partial charge in [-0.1, -0.05) is 35.4 Å². The van der Waals surface area contributed by atoms with Gasteiger partial charge >= 0.3 is 0 Å². The van der Waals surface area contributed by atoms with Gasteiger partial charge in [0.1, 0.15) is 5.82 Å². The summed E-state index contributed by atoms with van der Waals surface area (Å²) in [6, 6.07) is 19.4. The van der Waals surface area contributed by atoms with Crippen molar-refractivity contribution in [1.82, 2.24) is 4.98 Å². The molecule has 0 unspecified atom stereocenters. The first-order valence-electron chi connectivity index (χ1n) is 9.25. The number of oxazole rings is 1. The highest BCUT2D eigenvalue weighted by atomic mass is 32.2. The van der Waals surface area contributed by atoms with Crippen LogP contribution in [-0.4, -0.2) is 13.4 Å². The molecule has 0 saturated carbocycles. The summed E-state index contributed by atoms with van der Waals surface area (Å²) in [5.74, 6) is -0.350. The summed E-state index contributed by atoms with van der Waals surface area (Å²) in [5, 5.41) is 2.75. The van der Waals surface area contributed by atoms with Crippen molar-refractivity contribution in [3.05, 3.63) is 89.7 Å². The largest absolute Gasteiger partial charge is 0.419 e. The first-order valence-corrected chi connectivity index (χ1v) is 10.7. The van der Waals surface area contributed by atoms with Crippen LogP contribution in [0.3, 0.4) is 0 Å². The van der Waals surface area contributed by atoms with Gasteiger partial charge in [0.2, 0.25) is 26.6 Å². The standard InChI is InChI=1S/C23H19FN2O3S/c1-15-3-7-17(8-4-15)21-26-23(30(27,28)20-13-9-18(24)10-14-20)22(29-21)25-19-11-5-16(2)6-12-19/h3-14,25H,1-2H3. The van der Waals surface area contributed by atoms with Crippen LogP contribution in [0, 0.1) is 19.7 Å². The minimum Gasteiger partial charge on any atom is -0.419 e. The van der Waals surface area contributed by atoms with Crippen LogP contribution in [0.15, 0.2) is 87.1 Å². The number of aryl methyl sites for hydroxylation is 2. The first-order chi connectivity index (χ1) is 14.3. The average molecular weight is 422 g/mol. The Morgan fingerprint density at radius 2 is 1.40 bits per heavy atom. The van der Waals surface area contributed by atoms with Crippen LogP contribution in [0.2, 0.25) is 0 Å². The molecule has 0 saturated heterocycles. The molecule has 1 heterocycles. The van der Waals surface area contributed by atoms with Crippen LogP contribution in [0.1, 0.15) is 11.1 Å². The van der Waals surface area contributed by atoms with E-state index in [2.05, 4.69) is 10.3 Å². The Morgan fingerprint density at radius 1 is 0.833 bits per heavy atom. The molecular formula is C23H19FN2O3S. The maximum Gasteiger partial charge on any atom is 0.238 e. The fourth-order valence-corrected chi connectivity index (χ4v) is 4.14. The van der Waals surface area contributed by atoms with E-state index in [1.165, 1.54) is 12.1 Å². The molecule has 4 aromatic rings. The number of rotatable bonds is 5. The van der Waals surface area contributed by atoms with E-state index in [0.717, 1.165) is 23.3 Å². The van der Waals surface area contributed by atoms with E-state index in [9.17, 15) is 12.8 Å². The van der Waals surface area contributed by atoms with Crippen molar-refractivity contribution >= 4 is 21.4 Å². The Bertz CT molecular complexity index is 1280. The number of anilines is 2. The van der Waals surface area contributed by atoms with E-state index in [1.54, 1.807) is 0 Å². The van der Waals surface area contributed by atoms with Gasteiger partial charge < -0.3 is 9.73 Å². The van der Waals surface area contributed by atoms with Crippen molar-refractivity contribution < 1.29 is 17.2 Å². The van der Waals surface area contributed by atoms with E-state index in [4.69, 9.17) is 4.42 Å². The molecule has 4 rings (SSSR count). The van der Waals surface area contributed by atoms with Crippen molar-refractivity contribution in [2.75, 3.05) is 5.32 Å². The molecule has 1 aromatic heterocycles. The molecule has 0 aliphatic carbocycles. The van der Waals surface area contributed by atoms with Gasteiger partial charge in [-0.3, -0.25) is 0 Å². The highest BCUT2D eigenvalue weighted by Gasteiger charge is 2.28. The number of benzene rings is 3. The number of hydrogen-bond donors (Lipinski definition) is 1. The molecular weight excluding hydrogens is 403 g/mol. The predicted molar refractivity (Wildman–Crippen MR) is 113 cm³/mol. The second-order valence-electron chi connectivity index (χ2n) is 6.97. The van der Waals surface area contributed by atoms with Gasteiger partial charge in [0.15, 0.2) is 0 Å². The van der Waals surface area contributed by atoms with Gasteiger partial charge in [-0.15, -0.1) is 0 Å². The molecule has 152 valence electrons. The molecule has 0 spiro atoms. The quantitative estimate of drug-likeness (QED) is 0.419. The fourth-order valence-electron chi connectivity index (χ4n) is 2.88. The fraction of sp³-hybridized carbons (Fsp3) is 0.0870. The highest BCUT2D eigenvalue weighted by Crippen LogP contribution is 2.34. The van der Waals surface area contributed by atoms with Gasteiger partial charge in [0.05, 0.1) is 4.90 Å². The Hall–Kier alpha value is -3.45. The van der Waals surface area contributed by atoms with Gasteiger partial charge in [-0.05, 0) is 62.4 Å². The maximum absolute atomic E-state index is 13.3. The summed E-state index contributed by atoms with van der Waals surface area (Å²) in [6.45, 7) is 3.91. The summed E-state index contributed by atoms with van der Waals surface area (Å²) in [6.07, 6.45) is 0. The number of aromatic nitrogens is 1. The molecule has 0 aliphatic rings. The highest BCUT2D eigenvalue weighted by molar-refractivity contribution is 7.91. The molecule has 0 aliphatic heterocycles. The topological polar surface area (TPSA) is 72.2 Å². The van der Waals surface area contributed by atoms with Crippen molar-refractivity contribution in [3.63, 3.8) is 0 Å². The summed E-state index contributed by atoms with van der Waals surface area (Å²) < 4.78 is 45.6. The van der Waals surface area contributed by atoms with Gasteiger partial charge in [-0.25, -0.2) is 12.8 Å². The lowest BCUT2D eigenvalue weighted by molar-refractivity contribution is 0.581. The second-order valence-corrected chi connectivity index (χ2v) is 8.83. The summed E-state index contributed by atoms with van der Waals surface area (Å²) >= 11 is 0. The normalized spacial score (nSPS) is 11.4. The lowest BCUT2D eigenvalue weighted by atomic mass is 10.1. The van der Waals surface area contributed by atoms with Crippen molar-refractivity contribution in [2.45, 2.75) is 23.8 Å². The third-order valence-corrected chi connectivity index (χ3v) is 6.26. The van der Waals surface area contributed by atoms with Crippen LogP contribution in [0.25, 0.3) is 11.5 Å². The van der Waals surface area contributed by atoms with Crippen LogP contribution >= 0.6 is 0 Å². The SMILES string of the molecule is Cc1ccc(Nc2oc(-c3ccc(C)cc3)nc2S(=O)(=O)c2ccc(F)cc2)cc1. The molecule has 0 amide bonds. The zero-order valence-electron chi connectivity index (χ0n) is 16.4. The molecule has 1 N–H and O–H groups in total. The summed E-state index contributed by atoms with van der Waals surface area (Å²) in [4.78, 5) is 4.21. The predicted octanol–water partition coefficient (Wildman–Crippen LogP) is 5.67. The molecule has 0 radical (unpaired) electrons. The molecule has 5 nitrogen and oxygen atoms in total. The number of nitrogens with one attached hydrogen (secondary N) is 1. The zero-order chi connectivity index (χ0) is 21.3. The lowest BCUT2D eigenvalue weighted by Crippen LogP contribution is -2.05.